The van der Waals surface area contributed by atoms with Crippen molar-refractivity contribution in [2.24, 2.45) is 11.8 Å². The molecule has 2 aliphatic heterocycles. The van der Waals surface area contributed by atoms with Crippen LogP contribution in [-0.4, -0.2) is 34.7 Å². The monoisotopic (exact) mass is 850 g/mol. The Morgan fingerprint density at radius 2 is 0.981 bits per heavy atom. The first-order valence-electron chi connectivity index (χ1n) is 20.0. The number of nitrogens with zero attached hydrogens (tertiary/aromatic N) is 2. The lowest BCUT2D eigenvalue weighted by Gasteiger charge is -2.29. The Balaban J connectivity index is 1.38. The molecule has 4 aromatic heterocycles. The number of rotatable bonds is 21. The maximum absolute atomic E-state index is 14.9. The molecule has 2 atom stereocenters. The number of hydrogen-bond acceptors (Lipinski definition) is 6. The van der Waals surface area contributed by atoms with E-state index in [0.717, 1.165) is 82.7 Å². The smallest absolute Gasteiger partial charge is 0.261 e. The molecule has 2 aliphatic rings. The van der Waals surface area contributed by atoms with Gasteiger partial charge in [-0.15, -0.1) is 45.3 Å². The van der Waals surface area contributed by atoms with Crippen molar-refractivity contribution in [2.75, 3.05) is 13.1 Å². The molecule has 4 aromatic rings. The van der Waals surface area contributed by atoms with Gasteiger partial charge in [-0.25, -0.2) is 0 Å². The van der Waals surface area contributed by atoms with E-state index in [0.29, 0.717) is 36.1 Å². The van der Waals surface area contributed by atoms with Gasteiger partial charge in [-0.05, 0) is 102 Å². The van der Waals surface area contributed by atoms with E-state index < -0.39 is 0 Å². The van der Waals surface area contributed by atoms with Crippen LogP contribution in [0, 0.1) is 11.8 Å². The molecule has 0 saturated carbocycles. The normalized spacial score (nSPS) is 15.8. The third-order valence-corrected chi connectivity index (χ3v) is 16.2. The molecule has 6 heterocycles. The van der Waals surface area contributed by atoms with Gasteiger partial charge in [0.25, 0.3) is 11.8 Å². The Kier molecular flexibility index (Phi) is 14.5. The van der Waals surface area contributed by atoms with E-state index in [1.807, 2.05) is 38.5 Å². The molecular formula is C44H55BrN2O2S4. The number of aryl methyl sites for hydroxylation is 1. The lowest BCUT2D eigenvalue weighted by atomic mass is 9.98. The number of carbonyl (C=O) groups is 2. The average molecular weight is 852 g/mol. The summed E-state index contributed by atoms with van der Waals surface area (Å²) >= 11 is 10.8. The molecule has 2 amide bonds. The first-order valence-corrected chi connectivity index (χ1v) is 24.0. The first kappa shape index (κ1) is 40.4. The molecule has 2 unspecified atom stereocenters. The number of unbranched alkanes of at least 4 members (excludes halogenated alkanes) is 5. The molecule has 0 aliphatic carbocycles. The van der Waals surface area contributed by atoms with E-state index in [1.165, 1.54) is 50.1 Å². The third-order valence-electron chi connectivity index (χ3n) is 10.8. The molecule has 0 saturated heterocycles. The molecule has 0 bridgehead atoms. The summed E-state index contributed by atoms with van der Waals surface area (Å²) in [5.74, 6) is 0.726. The third kappa shape index (κ3) is 9.06. The number of amides is 2. The van der Waals surface area contributed by atoms with Crippen LogP contribution in [0.5, 0.6) is 0 Å². The molecule has 6 rings (SSSR count). The first-order chi connectivity index (χ1) is 25.8. The summed E-state index contributed by atoms with van der Waals surface area (Å²) in [7, 11) is 0. The highest BCUT2D eigenvalue weighted by atomic mass is 79.9. The summed E-state index contributed by atoms with van der Waals surface area (Å²) in [6.07, 6.45) is 15.0. The molecule has 0 N–H and O–H groups in total. The maximum Gasteiger partial charge on any atom is 0.261 e. The zero-order valence-electron chi connectivity index (χ0n) is 32.1. The SMILES string of the molecule is CCCCCCc1ccc(-c2ccc(-c3ccc(C4=C5C(=O)N(CC(CC)CCCC)C(c6ccc(Br)s6)=C5C(=O)N4CC(CC)CCCC)s3)s2)s1. The van der Waals surface area contributed by atoms with Gasteiger partial charge in [0.05, 0.1) is 36.1 Å². The molecule has 0 aromatic carbocycles. The Hall–Kier alpha value is -2.30. The highest BCUT2D eigenvalue weighted by Crippen LogP contribution is 2.51. The summed E-state index contributed by atoms with van der Waals surface area (Å²) in [6, 6.07) is 17.5. The van der Waals surface area contributed by atoms with Gasteiger partial charge < -0.3 is 9.80 Å². The van der Waals surface area contributed by atoms with Crippen molar-refractivity contribution in [2.45, 2.75) is 118 Å². The Morgan fingerprint density at radius 3 is 1.47 bits per heavy atom. The predicted molar refractivity (Wildman–Crippen MR) is 235 cm³/mol. The van der Waals surface area contributed by atoms with E-state index in [-0.39, 0.29) is 11.8 Å². The largest absolute Gasteiger partial charge is 0.306 e. The zero-order valence-corrected chi connectivity index (χ0v) is 37.0. The van der Waals surface area contributed by atoms with E-state index in [4.69, 9.17) is 0 Å². The second-order valence-electron chi connectivity index (χ2n) is 14.6. The predicted octanol–water partition coefficient (Wildman–Crippen LogP) is 14.4. The van der Waals surface area contributed by atoms with E-state index in [9.17, 15) is 9.59 Å². The Labute approximate surface area is 342 Å². The average Bonchev–Trinajstić information content (AvgIpc) is 4.02. The summed E-state index contributed by atoms with van der Waals surface area (Å²) in [4.78, 5) is 42.2. The summed E-state index contributed by atoms with van der Waals surface area (Å²) in [5, 5.41) is 0. The minimum Gasteiger partial charge on any atom is -0.306 e. The second-order valence-corrected chi connectivity index (χ2v) is 20.4. The lowest BCUT2D eigenvalue weighted by molar-refractivity contribution is -0.124. The molecule has 0 radical (unpaired) electrons. The van der Waals surface area contributed by atoms with E-state index in [2.05, 4.69) is 93.0 Å². The van der Waals surface area contributed by atoms with Gasteiger partial charge in [0.1, 0.15) is 0 Å². The van der Waals surface area contributed by atoms with Gasteiger partial charge in [-0.1, -0.05) is 92.4 Å². The van der Waals surface area contributed by atoms with Crippen molar-refractivity contribution in [1.29, 1.82) is 0 Å². The number of hydrogen-bond donors (Lipinski definition) is 0. The molecule has 284 valence electrons. The summed E-state index contributed by atoms with van der Waals surface area (Å²) < 4.78 is 1.00. The maximum atomic E-state index is 14.9. The van der Waals surface area contributed by atoms with Gasteiger partial charge in [-0.2, -0.15) is 0 Å². The van der Waals surface area contributed by atoms with Crippen LogP contribution in [0.25, 0.3) is 30.9 Å². The summed E-state index contributed by atoms with van der Waals surface area (Å²) in [6.45, 7) is 12.5. The Morgan fingerprint density at radius 1 is 0.528 bits per heavy atom. The van der Waals surface area contributed by atoms with Crippen molar-refractivity contribution in [1.82, 2.24) is 9.80 Å². The van der Waals surface area contributed by atoms with Crippen molar-refractivity contribution in [3.63, 3.8) is 0 Å². The highest BCUT2D eigenvalue weighted by Gasteiger charge is 2.50. The number of halogens is 1. The number of carbonyl (C=O) groups excluding carboxylic acids is 2. The van der Waals surface area contributed by atoms with Gasteiger partial charge in [-0.3, -0.25) is 9.59 Å². The van der Waals surface area contributed by atoms with Crippen LogP contribution in [0.1, 0.15) is 126 Å². The van der Waals surface area contributed by atoms with E-state index >= 15 is 0 Å². The van der Waals surface area contributed by atoms with Crippen LogP contribution >= 0.6 is 61.3 Å². The number of fused-ring (bicyclic) bond motifs is 1. The fourth-order valence-corrected chi connectivity index (χ4v) is 12.4. The quantitative estimate of drug-likeness (QED) is 0.0784. The molecular weight excluding hydrogens is 797 g/mol. The van der Waals surface area contributed by atoms with Crippen LogP contribution in [0.2, 0.25) is 0 Å². The van der Waals surface area contributed by atoms with Crippen LogP contribution < -0.4 is 0 Å². The highest BCUT2D eigenvalue weighted by molar-refractivity contribution is 9.11. The van der Waals surface area contributed by atoms with Crippen molar-refractivity contribution in [3.8, 4) is 19.5 Å². The lowest BCUT2D eigenvalue weighted by Crippen LogP contribution is -2.34. The van der Waals surface area contributed by atoms with Gasteiger partial charge >= 0.3 is 0 Å². The standard InChI is InChI=1S/C44H55BrN2O2S4/c1-6-11-14-15-18-31-19-20-32(50-31)33-21-22-34(51-33)35-23-24-36(52-35)41-39-40(44(49)46(41)27-29(9-4)16-12-7-2)42(37-25-26-38(45)53-37)47(43(39)48)28-30(10-5)17-13-8-3/h19-26,29-30H,6-18,27-28H2,1-5H3. The molecule has 9 heteroatoms. The van der Waals surface area contributed by atoms with Crippen molar-refractivity contribution in [3.05, 3.63) is 78.1 Å². The van der Waals surface area contributed by atoms with Gasteiger partial charge in [0.15, 0.2) is 0 Å². The topological polar surface area (TPSA) is 40.6 Å². The van der Waals surface area contributed by atoms with E-state index in [1.54, 1.807) is 22.7 Å². The summed E-state index contributed by atoms with van der Waals surface area (Å²) in [5.41, 5.74) is 2.84. The van der Waals surface area contributed by atoms with Crippen molar-refractivity contribution >= 4 is 84.5 Å². The molecule has 4 nitrogen and oxygen atoms in total. The number of thiophene rings is 4. The minimum absolute atomic E-state index is 0.0153. The van der Waals surface area contributed by atoms with Crippen LogP contribution in [0.3, 0.4) is 0 Å². The van der Waals surface area contributed by atoms with Gasteiger partial charge in [0, 0.05) is 37.5 Å². The molecule has 0 spiro atoms. The Bertz CT molecular complexity index is 1920. The molecule has 53 heavy (non-hydrogen) atoms. The van der Waals surface area contributed by atoms with Gasteiger partial charge in [0.2, 0.25) is 0 Å². The van der Waals surface area contributed by atoms with Crippen molar-refractivity contribution < 1.29 is 9.59 Å². The molecule has 0 fully saturated rings. The van der Waals surface area contributed by atoms with Crippen LogP contribution in [0.4, 0.5) is 0 Å². The fraction of sp³-hybridized carbons (Fsp3) is 0.500. The van der Waals surface area contributed by atoms with Crippen LogP contribution in [0.15, 0.2) is 63.5 Å². The zero-order chi connectivity index (χ0) is 37.5. The van der Waals surface area contributed by atoms with Crippen LogP contribution in [-0.2, 0) is 16.0 Å². The minimum atomic E-state index is -0.0153. The fourth-order valence-electron chi connectivity index (χ4n) is 7.62. The second kappa shape index (κ2) is 19.0.